The van der Waals surface area contributed by atoms with E-state index in [4.69, 9.17) is 19.5 Å². The van der Waals surface area contributed by atoms with Gasteiger partial charge in [0.15, 0.2) is 0 Å². The fourth-order valence-electron chi connectivity index (χ4n) is 8.32. The number of aromatic amines is 1. The first-order chi connectivity index (χ1) is 29.6. The minimum atomic E-state index is -0.880. The molecule has 12 nitrogen and oxygen atoms in total. The van der Waals surface area contributed by atoms with Gasteiger partial charge < -0.3 is 29.6 Å². The lowest BCUT2D eigenvalue weighted by molar-refractivity contribution is -0.148. The van der Waals surface area contributed by atoms with E-state index in [1.165, 1.54) is 14.2 Å². The minimum Gasteiger partial charge on any atom is -0.469 e. The largest absolute Gasteiger partial charge is 0.469 e. The molecule has 3 amide bonds. The number of amides is 3. The first kappa shape index (κ1) is 42.2. The Kier molecular flexibility index (Phi) is 13.4. The van der Waals surface area contributed by atoms with Crippen molar-refractivity contribution in [2.24, 2.45) is 16.8 Å². The molecule has 61 heavy (non-hydrogen) atoms. The highest BCUT2D eigenvalue weighted by Crippen LogP contribution is 2.36. The molecule has 0 spiro atoms. The van der Waals surface area contributed by atoms with Crippen molar-refractivity contribution in [3.63, 3.8) is 0 Å². The molecule has 0 aliphatic carbocycles. The molecule has 312 valence electrons. The number of aromatic nitrogens is 2. The quantitative estimate of drug-likeness (QED) is 0.118. The van der Waals surface area contributed by atoms with Crippen LogP contribution in [0.4, 0.5) is 4.79 Å². The average Bonchev–Trinajstić information content (AvgIpc) is 4.14. The van der Waals surface area contributed by atoms with E-state index in [2.05, 4.69) is 40.0 Å². The van der Waals surface area contributed by atoms with E-state index in [0.29, 0.717) is 25.1 Å². The van der Waals surface area contributed by atoms with Crippen molar-refractivity contribution < 1.29 is 28.7 Å². The number of benzene rings is 3. The van der Waals surface area contributed by atoms with Crippen molar-refractivity contribution >= 4 is 29.6 Å². The Morgan fingerprint density at radius 2 is 1.52 bits per heavy atom. The summed E-state index contributed by atoms with van der Waals surface area (Å²) < 4.78 is 9.72. The van der Waals surface area contributed by atoms with E-state index in [1.807, 2.05) is 91.5 Å². The smallest absolute Gasteiger partial charge is 0.407 e. The zero-order chi connectivity index (χ0) is 42.9. The molecule has 7 rings (SSSR count). The molecular formula is C49H50N6O6. The molecule has 0 saturated carbocycles. The van der Waals surface area contributed by atoms with Crippen LogP contribution in [0.1, 0.15) is 81.4 Å². The number of nitrogens with one attached hydrogen (secondary N) is 2. The number of nitrogens with zero attached hydrogens (tertiary/aromatic N) is 4. The monoisotopic (exact) mass is 818 g/mol. The van der Waals surface area contributed by atoms with Crippen molar-refractivity contribution in [3.05, 3.63) is 114 Å². The van der Waals surface area contributed by atoms with Gasteiger partial charge in [-0.2, -0.15) is 0 Å². The number of rotatable bonds is 11. The van der Waals surface area contributed by atoms with E-state index in [-0.39, 0.29) is 42.2 Å². The van der Waals surface area contributed by atoms with Crippen LogP contribution in [0.25, 0.3) is 22.4 Å². The molecular weight excluding hydrogens is 769 g/mol. The van der Waals surface area contributed by atoms with Crippen LogP contribution < -0.4 is 5.32 Å². The van der Waals surface area contributed by atoms with Gasteiger partial charge in [0, 0.05) is 48.1 Å². The number of aliphatic imine (C=N–C) groups is 1. The molecule has 3 aromatic carbocycles. The lowest BCUT2D eigenvalue weighted by atomic mass is 9.91. The second kappa shape index (κ2) is 19.4. The highest BCUT2D eigenvalue weighted by molar-refractivity contribution is 5.99. The second-order valence-corrected chi connectivity index (χ2v) is 15.7. The SMILES string of the molecule is COC(=O)C[C@H](C(=O)N1CCC[C@H]1c1ncc(-c2ccc(C#CC#CC3=CN=C([C@@H]4CCCN4C(=O)[C@H](NC(=O)OC)c4ccccc4)C3)c(-c3ccccc3)c2)[nH]1)C(C)C. The summed E-state index contributed by atoms with van der Waals surface area (Å²) in [4.78, 5) is 68.6. The summed E-state index contributed by atoms with van der Waals surface area (Å²) in [5.41, 5.74) is 6.86. The maximum Gasteiger partial charge on any atom is 0.407 e. The van der Waals surface area contributed by atoms with E-state index in [0.717, 1.165) is 70.7 Å². The third-order valence-corrected chi connectivity index (χ3v) is 11.6. The number of esters is 1. The Morgan fingerprint density at radius 3 is 2.23 bits per heavy atom. The van der Waals surface area contributed by atoms with Crippen LogP contribution in [0.15, 0.2) is 102 Å². The molecule has 2 N–H and O–H groups in total. The summed E-state index contributed by atoms with van der Waals surface area (Å²) >= 11 is 0. The van der Waals surface area contributed by atoms with Crippen molar-refractivity contribution in [2.75, 3.05) is 27.3 Å². The topological polar surface area (TPSA) is 146 Å². The maximum atomic E-state index is 13.9. The maximum absolute atomic E-state index is 13.9. The van der Waals surface area contributed by atoms with Gasteiger partial charge in [0.2, 0.25) is 11.8 Å². The Morgan fingerprint density at radius 1 is 0.836 bits per heavy atom. The normalized spacial score (nSPS) is 17.9. The van der Waals surface area contributed by atoms with Gasteiger partial charge in [0.1, 0.15) is 11.9 Å². The van der Waals surface area contributed by atoms with E-state index >= 15 is 0 Å². The number of allylic oxidation sites excluding steroid dienone is 1. The second-order valence-electron chi connectivity index (χ2n) is 15.7. The predicted octanol–water partition coefficient (Wildman–Crippen LogP) is 7.41. The number of likely N-dealkylation sites (tertiary alicyclic amines) is 2. The minimum absolute atomic E-state index is 0.0172. The molecule has 3 aliphatic rings. The number of hydrogen-bond donors (Lipinski definition) is 2. The van der Waals surface area contributed by atoms with Gasteiger partial charge in [-0.25, -0.2) is 9.78 Å². The third kappa shape index (κ3) is 9.77. The van der Waals surface area contributed by atoms with Crippen LogP contribution in [0.3, 0.4) is 0 Å². The Labute approximate surface area is 356 Å². The summed E-state index contributed by atoms with van der Waals surface area (Å²) in [7, 11) is 2.62. The molecule has 1 aromatic heterocycles. The number of methoxy groups -OCH3 is 2. The summed E-state index contributed by atoms with van der Waals surface area (Å²) in [6.07, 6.45) is 6.67. The molecule has 2 fully saturated rings. The fraction of sp³-hybridized carbons (Fsp3) is 0.347. The Hall–Kier alpha value is -6.92. The fourth-order valence-corrected chi connectivity index (χ4v) is 8.32. The van der Waals surface area contributed by atoms with Crippen molar-refractivity contribution in [1.29, 1.82) is 0 Å². The molecule has 4 aromatic rings. The zero-order valence-corrected chi connectivity index (χ0v) is 34.9. The number of carbonyl (C=O) groups excluding carboxylic acids is 4. The van der Waals surface area contributed by atoms with E-state index in [9.17, 15) is 19.2 Å². The summed E-state index contributed by atoms with van der Waals surface area (Å²) in [6, 6.07) is 24.0. The van der Waals surface area contributed by atoms with Gasteiger partial charge >= 0.3 is 12.1 Å². The lowest BCUT2D eigenvalue weighted by Gasteiger charge is -2.29. The van der Waals surface area contributed by atoms with Crippen molar-refractivity contribution in [1.82, 2.24) is 25.1 Å². The highest BCUT2D eigenvalue weighted by atomic mass is 16.5. The summed E-state index contributed by atoms with van der Waals surface area (Å²) in [5.74, 6) is 12.1. The van der Waals surface area contributed by atoms with Gasteiger partial charge in [-0.05, 0) is 72.3 Å². The number of H-pyrrole nitrogens is 1. The number of hydrogen-bond acceptors (Lipinski definition) is 8. The van der Waals surface area contributed by atoms with Crippen LogP contribution in [0.5, 0.6) is 0 Å². The molecule has 0 unspecified atom stereocenters. The van der Waals surface area contributed by atoms with Crippen LogP contribution in [0, 0.1) is 35.5 Å². The van der Waals surface area contributed by atoms with Gasteiger partial charge in [-0.15, -0.1) is 0 Å². The van der Waals surface area contributed by atoms with Gasteiger partial charge in [0.05, 0.1) is 50.5 Å². The van der Waals surface area contributed by atoms with Crippen LogP contribution >= 0.6 is 0 Å². The zero-order valence-electron chi connectivity index (χ0n) is 34.9. The van der Waals surface area contributed by atoms with Gasteiger partial charge in [-0.3, -0.25) is 19.4 Å². The highest BCUT2D eigenvalue weighted by Gasteiger charge is 2.39. The Balaban J connectivity index is 1.05. The van der Waals surface area contributed by atoms with Gasteiger partial charge in [0.25, 0.3) is 0 Å². The number of alkyl carbamates (subject to hydrolysis) is 1. The standard InChI is InChI=1S/C49H50N6O6/c1-32(2)38(29-44(56)60-3)47(57)55-26-14-22-43(55)46-51-31-41(52-46)37-24-23-35(39(28-37)34-16-7-5-8-17-34)18-12-11-15-33-27-40(50-30-33)42-21-13-25-54(42)48(58)45(53-49(59)61-4)36-19-9-6-10-20-36/h5-10,16-17,19-20,23-24,28,30-32,38,42-43,45H,13-14,21-22,25-27,29H2,1-4H3,(H,51,52)(H,53,59)/t38-,42-,43-,45+/m0/s1. The molecule has 3 aliphatic heterocycles. The molecule has 0 bridgehead atoms. The van der Waals surface area contributed by atoms with Crippen LogP contribution in [-0.2, 0) is 23.9 Å². The third-order valence-electron chi connectivity index (χ3n) is 11.6. The molecule has 4 heterocycles. The number of imidazole rings is 1. The number of ether oxygens (including phenoxy) is 2. The average molecular weight is 819 g/mol. The van der Waals surface area contributed by atoms with Crippen LogP contribution in [0.2, 0.25) is 0 Å². The van der Waals surface area contributed by atoms with Crippen LogP contribution in [-0.4, -0.2) is 82.7 Å². The van der Waals surface area contributed by atoms with E-state index in [1.54, 1.807) is 17.3 Å². The first-order valence-electron chi connectivity index (χ1n) is 20.7. The van der Waals surface area contributed by atoms with Gasteiger partial charge in [-0.1, -0.05) is 92.4 Å². The Bertz CT molecular complexity index is 2450. The van der Waals surface area contributed by atoms with Crippen molar-refractivity contribution in [3.8, 4) is 46.1 Å². The molecule has 0 radical (unpaired) electrons. The van der Waals surface area contributed by atoms with Crippen molar-refractivity contribution in [2.45, 2.75) is 70.5 Å². The predicted molar refractivity (Wildman–Crippen MR) is 232 cm³/mol. The molecule has 4 atom stereocenters. The number of carbonyl (C=O) groups is 4. The first-order valence-corrected chi connectivity index (χ1v) is 20.7. The molecule has 12 heteroatoms. The summed E-state index contributed by atoms with van der Waals surface area (Å²) in [5, 5.41) is 2.71. The lowest BCUT2D eigenvalue weighted by Crippen LogP contribution is -2.47. The molecule has 2 saturated heterocycles. The van der Waals surface area contributed by atoms with E-state index < -0.39 is 18.1 Å². The summed E-state index contributed by atoms with van der Waals surface area (Å²) in [6.45, 7) is 5.08.